The molecule has 1 aromatic carbocycles. The summed E-state index contributed by atoms with van der Waals surface area (Å²) in [6.45, 7) is 6.73. The van der Waals surface area contributed by atoms with Gasteiger partial charge in [0, 0.05) is 25.7 Å². The summed E-state index contributed by atoms with van der Waals surface area (Å²) in [5.41, 5.74) is 0.976. The summed E-state index contributed by atoms with van der Waals surface area (Å²) in [5.74, 6) is 1.53. The van der Waals surface area contributed by atoms with Crippen molar-refractivity contribution in [2.75, 3.05) is 32.9 Å². The highest BCUT2D eigenvalue weighted by molar-refractivity contribution is 5.26. The standard InChI is InChI=1S/C18H24N2O4/c1-14-3-5-17(6-4-14)23-13-18(21)11-20(7-8-22-12-18)10-16-9-15(2)24-19-16/h3-6,9,21H,7-8,10-13H2,1-2H3. The van der Waals surface area contributed by atoms with E-state index in [9.17, 15) is 5.11 Å². The van der Waals surface area contributed by atoms with Crippen LogP contribution in [-0.2, 0) is 11.3 Å². The minimum Gasteiger partial charge on any atom is -0.490 e. The average Bonchev–Trinajstić information content (AvgIpc) is 2.86. The van der Waals surface area contributed by atoms with Gasteiger partial charge in [0.05, 0.1) is 18.9 Å². The summed E-state index contributed by atoms with van der Waals surface area (Å²) in [4.78, 5) is 2.11. The molecule has 130 valence electrons. The number of hydrogen-bond donors (Lipinski definition) is 1. The average molecular weight is 332 g/mol. The van der Waals surface area contributed by atoms with Crippen molar-refractivity contribution in [1.82, 2.24) is 10.1 Å². The van der Waals surface area contributed by atoms with Gasteiger partial charge in [-0.2, -0.15) is 0 Å². The van der Waals surface area contributed by atoms with Crippen molar-refractivity contribution in [2.45, 2.75) is 26.0 Å². The number of aromatic nitrogens is 1. The lowest BCUT2D eigenvalue weighted by molar-refractivity contribution is -0.0647. The highest BCUT2D eigenvalue weighted by atomic mass is 16.5. The largest absolute Gasteiger partial charge is 0.490 e. The fraction of sp³-hybridized carbons (Fsp3) is 0.500. The Balaban J connectivity index is 1.60. The van der Waals surface area contributed by atoms with Crippen LogP contribution in [0.5, 0.6) is 5.75 Å². The molecule has 0 radical (unpaired) electrons. The minimum absolute atomic E-state index is 0.185. The number of β-amino-alcohol motifs (C(OH)–C–C–N with tert-alkyl or cyclic N) is 1. The zero-order valence-corrected chi connectivity index (χ0v) is 14.2. The molecule has 0 saturated carbocycles. The highest BCUT2D eigenvalue weighted by Gasteiger charge is 2.33. The van der Waals surface area contributed by atoms with Crippen molar-refractivity contribution < 1.29 is 19.1 Å². The molecule has 1 aliphatic heterocycles. The number of benzene rings is 1. The molecule has 1 saturated heterocycles. The van der Waals surface area contributed by atoms with Gasteiger partial charge < -0.3 is 19.1 Å². The van der Waals surface area contributed by atoms with E-state index in [0.717, 1.165) is 23.7 Å². The van der Waals surface area contributed by atoms with E-state index >= 15 is 0 Å². The maximum absolute atomic E-state index is 10.9. The summed E-state index contributed by atoms with van der Waals surface area (Å²) in [5, 5.41) is 14.9. The van der Waals surface area contributed by atoms with Crippen molar-refractivity contribution in [3.63, 3.8) is 0 Å². The summed E-state index contributed by atoms with van der Waals surface area (Å²) >= 11 is 0. The molecule has 24 heavy (non-hydrogen) atoms. The maximum Gasteiger partial charge on any atom is 0.134 e. The molecule has 1 atom stereocenters. The van der Waals surface area contributed by atoms with Crippen molar-refractivity contribution in [1.29, 1.82) is 0 Å². The minimum atomic E-state index is -1.06. The van der Waals surface area contributed by atoms with Gasteiger partial charge in [-0.05, 0) is 26.0 Å². The van der Waals surface area contributed by atoms with Crippen LogP contribution in [0.1, 0.15) is 17.0 Å². The smallest absolute Gasteiger partial charge is 0.134 e. The van der Waals surface area contributed by atoms with E-state index in [4.69, 9.17) is 14.0 Å². The first-order valence-corrected chi connectivity index (χ1v) is 8.17. The van der Waals surface area contributed by atoms with Gasteiger partial charge in [0.25, 0.3) is 0 Å². The molecule has 1 aliphatic rings. The monoisotopic (exact) mass is 332 g/mol. The van der Waals surface area contributed by atoms with Crippen LogP contribution in [-0.4, -0.2) is 53.7 Å². The topological polar surface area (TPSA) is 68.0 Å². The molecular weight excluding hydrogens is 308 g/mol. The fourth-order valence-electron chi connectivity index (χ4n) is 2.79. The van der Waals surface area contributed by atoms with Crippen molar-refractivity contribution in [2.24, 2.45) is 0 Å². The Morgan fingerprint density at radius 1 is 1.29 bits per heavy atom. The first-order chi connectivity index (χ1) is 11.5. The molecule has 3 rings (SSSR count). The van der Waals surface area contributed by atoms with Gasteiger partial charge in [-0.1, -0.05) is 22.9 Å². The van der Waals surface area contributed by atoms with Gasteiger partial charge in [-0.15, -0.1) is 0 Å². The van der Waals surface area contributed by atoms with E-state index in [1.807, 2.05) is 44.2 Å². The third-order valence-corrected chi connectivity index (χ3v) is 4.03. The first-order valence-electron chi connectivity index (χ1n) is 8.17. The predicted octanol–water partition coefficient (Wildman–Crippen LogP) is 1.93. The number of aryl methyl sites for hydroxylation is 2. The van der Waals surface area contributed by atoms with E-state index in [-0.39, 0.29) is 13.2 Å². The molecule has 1 unspecified atom stereocenters. The van der Waals surface area contributed by atoms with Gasteiger partial charge >= 0.3 is 0 Å². The number of ether oxygens (including phenoxy) is 2. The molecule has 0 spiro atoms. The summed E-state index contributed by atoms with van der Waals surface area (Å²) in [7, 11) is 0. The van der Waals surface area contributed by atoms with E-state index < -0.39 is 5.60 Å². The molecule has 1 fully saturated rings. The second-order valence-corrected chi connectivity index (χ2v) is 6.52. The van der Waals surface area contributed by atoms with Crippen molar-refractivity contribution >= 4 is 0 Å². The van der Waals surface area contributed by atoms with Crippen LogP contribution < -0.4 is 4.74 Å². The molecule has 0 amide bonds. The van der Waals surface area contributed by atoms with Crippen LogP contribution in [0.3, 0.4) is 0 Å². The number of aliphatic hydroxyl groups is 1. The molecule has 6 heteroatoms. The van der Waals surface area contributed by atoms with E-state index in [1.165, 1.54) is 5.56 Å². The lowest BCUT2D eigenvalue weighted by atomic mass is 10.1. The highest BCUT2D eigenvalue weighted by Crippen LogP contribution is 2.18. The second kappa shape index (κ2) is 7.34. The van der Waals surface area contributed by atoms with Crippen LogP contribution in [0.25, 0.3) is 0 Å². The zero-order chi connectivity index (χ0) is 17.0. The Morgan fingerprint density at radius 2 is 2.08 bits per heavy atom. The van der Waals surface area contributed by atoms with Crippen LogP contribution >= 0.6 is 0 Å². The SMILES string of the molecule is Cc1ccc(OCC2(O)COCCN(Cc3cc(C)on3)C2)cc1. The number of rotatable bonds is 5. The van der Waals surface area contributed by atoms with Crippen LogP contribution in [0.15, 0.2) is 34.9 Å². The first kappa shape index (κ1) is 17.0. The van der Waals surface area contributed by atoms with E-state index in [0.29, 0.717) is 19.7 Å². The lowest BCUT2D eigenvalue weighted by Gasteiger charge is -2.30. The molecule has 2 heterocycles. The quantitative estimate of drug-likeness (QED) is 0.902. The molecule has 6 nitrogen and oxygen atoms in total. The molecule has 1 aromatic heterocycles. The van der Waals surface area contributed by atoms with Crippen LogP contribution in [0.4, 0.5) is 0 Å². The molecular formula is C18H24N2O4. The number of hydrogen-bond acceptors (Lipinski definition) is 6. The summed E-state index contributed by atoms with van der Waals surface area (Å²) in [6, 6.07) is 9.70. The summed E-state index contributed by atoms with van der Waals surface area (Å²) < 4.78 is 16.5. The molecule has 0 bridgehead atoms. The van der Waals surface area contributed by atoms with E-state index in [1.54, 1.807) is 0 Å². The zero-order valence-electron chi connectivity index (χ0n) is 14.2. The predicted molar refractivity (Wildman–Crippen MR) is 89.0 cm³/mol. The van der Waals surface area contributed by atoms with Gasteiger partial charge in [0.2, 0.25) is 0 Å². The van der Waals surface area contributed by atoms with Crippen LogP contribution in [0, 0.1) is 13.8 Å². The molecule has 1 N–H and O–H groups in total. The molecule has 0 aliphatic carbocycles. The van der Waals surface area contributed by atoms with Crippen LogP contribution in [0.2, 0.25) is 0 Å². The Bertz CT molecular complexity index is 655. The third-order valence-electron chi connectivity index (χ3n) is 4.03. The fourth-order valence-corrected chi connectivity index (χ4v) is 2.79. The van der Waals surface area contributed by atoms with Gasteiger partial charge in [0.1, 0.15) is 23.7 Å². The number of nitrogens with zero attached hydrogens (tertiary/aromatic N) is 2. The maximum atomic E-state index is 10.9. The Morgan fingerprint density at radius 3 is 2.79 bits per heavy atom. The van der Waals surface area contributed by atoms with E-state index in [2.05, 4.69) is 10.1 Å². The van der Waals surface area contributed by atoms with Gasteiger partial charge in [-0.25, -0.2) is 0 Å². The van der Waals surface area contributed by atoms with Crippen molar-refractivity contribution in [3.8, 4) is 5.75 Å². The van der Waals surface area contributed by atoms with Gasteiger partial charge in [0.15, 0.2) is 0 Å². The second-order valence-electron chi connectivity index (χ2n) is 6.52. The summed E-state index contributed by atoms with van der Waals surface area (Å²) in [6.07, 6.45) is 0. The van der Waals surface area contributed by atoms with Gasteiger partial charge in [-0.3, -0.25) is 4.90 Å². The Labute approximate surface area is 142 Å². The Kier molecular flexibility index (Phi) is 5.18. The Hall–Kier alpha value is -1.89. The molecule has 2 aromatic rings. The third kappa shape index (κ3) is 4.56. The normalized spacial score (nSPS) is 22.3. The van der Waals surface area contributed by atoms with Crippen molar-refractivity contribution in [3.05, 3.63) is 47.3 Å². The lowest BCUT2D eigenvalue weighted by Crippen LogP contribution is -2.48.